The van der Waals surface area contributed by atoms with Crippen LogP contribution >= 0.6 is 0 Å². The molecule has 0 aliphatic carbocycles. The van der Waals surface area contributed by atoms with Gasteiger partial charge in [0, 0.05) is 0 Å². The molecule has 5 nitrogen and oxygen atoms in total. The van der Waals surface area contributed by atoms with Gasteiger partial charge in [-0.25, -0.2) is 0 Å². The smallest absolute Gasteiger partial charge is 0.244 e. The standard InChI is InChI=1S/C11H22N2O3/c1-10(2)9(16)13(6-8(15)7-14)11(3,4)12(10)5/h8,14-15H,6-7H2,1-5H3. The highest BCUT2D eigenvalue weighted by atomic mass is 16.3. The summed E-state index contributed by atoms with van der Waals surface area (Å²) in [6.45, 7) is 7.43. The Morgan fingerprint density at radius 2 is 1.81 bits per heavy atom. The van der Waals surface area contributed by atoms with E-state index < -0.39 is 17.3 Å². The monoisotopic (exact) mass is 230 g/mol. The van der Waals surface area contributed by atoms with Gasteiger partial charge in [-0.3, -0.25) is 9.69 Å². The van der Waals surface area contributed by atoms with Gasteiger partial charge in [0.1, 0.15) is 0 Å². The summed E-state index contributed by atoms with van der Waals surface area (Å²) in [4.78, 5) is 15.8. The summed E-state index contributed by atoms with van der Waals surface area (Å²) in [5.74, 6) is -0.0208. The Kier molecular flexibility index (Phi) is 3.34. The van der Waals surface area contributed by atoms with Crippen molar-refractivity contribution in [2.75, 3.05) is 20.2 Å². The van der Waals surface area contributed by atoms with Crippen LogP contribution in [-0.2, 0) is 4.79 Å². The molecule has 2 N–H and O–H groups in total. The number of carbonyl (C=O) groups is 1. The molecule has 1 aliphatic heterocycles. The van der Waals surface area contributed by atoms with Gasteiger partial charge in [-0.2, -0.15) is 0 Å². The zero-order valence-electron chi connectivity index (χ0n) is 10.7. The van der Waals surface area contributed by atoms with Crippen LogP contribution in [0.5, 0.6) is 0 Å². The fraction of sp³-hybridized carbons (Fsp3) is 0.909. The van der Waals surface area contributed by atoms with Crippen molar-refractivity contribution in [3.05, 3.63) is 0 Å². The lowest BCUT2D eigenvalue weighted by Crippen LogP contribution is -2.51. The molecule has 1 atom stereocenters. The van der Waals surface area contributed by atoms with E-state index in [1.807, 2.05) is 39.6 Å². The van der Waals surface area contributed by atoms with Crippen molar-refractivity contribution in [2.45, 2.75) is 45.0 Å². The van der Waals surface area contributed by atoms with Crippen LogP contribution in [0.3, 0.4) is 0 Å². The van der Waals surface area contributed by atoms with E-state index in [-0.39, 0.29) is 19.1 Å². The SMILES string of the molecule is CN1C(C)(C)C(=O)N(CC(O)CO)C1(C)C. The number of hydrogen-bond acceptors (Lipinski definition) is 4. The molecule has 0 aromatic rings. The second-order valence-corrected chi connectivity index (χ2v) is 5.36. The van der Waals surface area contributed by atoms with Crippen molar-refractivity contribution in [1.82, 2.24) is 9.80 Å². The molecular weight excluding hydrogens is 208 g/mol. The number of β-amino-alcohol motifs (C(OH)–C–C–N with tert-alkyl or cyclic N) is 1. The number of nitrogens with zero attached hydrogens (tertiary/aromatic N) is 2. The molecular formula is C11H22N2O3. The zero-order valence-corrected chi connectivity index (χ0v) is 10.7. The molecule has 1 fully saturated rings. The fourth-order valence-electron chi connectivity index (χ4n) is 2.16. The molecule has 0 aromatic heterocycles. The van der Waals surface area contributed by atoms with Gasteiger partial charge in [-0.05, 0) is 34.7 Å². The van der Waals surface area contributed by atoms with Crippen molar-refractivity contribution in [1.29, 1.82) is 0 Å². The van der Waals surface area contributed by atoms with Gasteiger partial charge in [0.2, 0.25) is 5.91 Å². The quantitative estimate of drug-likeness (QED) is 0.694. The first-order chi connectivity index (χ1) is 7.15. The lowest BCUT2D eigenvalue weighted by atomic mass is 10.0. The molecule has 1 aliphatic rings. The van der Waals surface area contributed by atoms with Crippen LogP contribution in [0.25, 0.3) is 0 Å². The van der Waals surface area contributed by atoms with Crippen molar-refractivity contribution in [3.63, 3.8) is 0 Å². The van der Waals surface area contributed by atoms with Crippen LogP contribution in [-0.4, -0.2) is 63.4 Å². The number of aliphatic hydroxyl groups is 2. The molecule has 5 heteroatoms. The van der Waals surface area contributed by atoms with Crippen LogP contribution in [0.1, 0.15) is 27.7 Å². The number of amides is 1. The zero-order chi connectivity index (χ0) is 12.7. The predicted octanol–water partition coefficient (Wildman–Crippen LogP) is -0.372. The molecule has 1 heterocycles. The third kappa shape index (κ3) is 1.83. The summed E-state index contributed by atoms with van der Waals surface area (Å²) in [6, 6.07) is 0. The Morgan fingerprint density at radius 3 is 2.12 bits per heavy atom. The molecule has 0 radical (unpaired) electrons. The lowest BCUT2D eigenvalue weighted by Gasteiger charge is -2.38. The molecule has 0 bridgehead atoms. The van der Waals surface area contributed by atoms with Gasteiger partial charge in [-0.1, -0.05) is 0 Å². The Hall–Kier alpha value is -0.650. The Balaban J connectivity index is 2.97. The van der Waals surface area contributed by atoms with Crippen molar-refractivity contribution in [3.8, 4) is 0 Å². The molecule has 0 aromatic carbocycles. The van der Waals surface area contributed by atoms with Gasteiger partial charge < -0.3 is 15.1 Å². The van der Waals surface area contributed by atoms with Gasteiger partial charge in [0.25, 0.3) is 0 Å². The van der Waals surface area contributed by atoms with Crippen LogP contribution in [0.2, 0.25) is 0 Å². The normalized spacial score (nSPS) is 26.2. The maximum Gasteiger partial charge on any atom is 0.244 e. The average molecular weight is 230 g/mol. The van der Waals surface area contributed by atoms with E-state index >= 15 is 0 Å². The first kappa shape index (κ1) is 13.4. The van der Waals surface area contributed by atoms with E-state index in [9.17, 15) is 9.90 Å². The summed E-state index contributed by atoms with van der Waals surface area (Å²) >= 11 is 0. The molecule has 1 saturated heterocycles. The highest BCUT2D eigenvalue weighted by molar-refractivity contribution is 5.88. The molecule has 16 heavy (non-hydrogen) atoms. The van der Waals surface area contributed by atoms with Gasteiger partial charge in [0.05, 0.1) is 30.5 Å². The highest BCUT2D eigenvalue weighted by Gasteiger charge is 2.54. The highest BCUT2D eigenvalue weighted by Crippen LogP contribution is 2.36. The number of likely N-dealkylation sites (N-methyl/N-ethyl adjacent to an activating group) is 1. The maximum absolute atomic E-state index is 12.2. The number of aliphatic hydroxyl groups excluding tert-OH is 2. The molecule has 0 spiro atoms. The Bertz CT molecular complexity index is 289. The lowest BCUT2D eigenvalue weighted by molar-refractivity contribution is -0.135. The molecule has 1 amide bonds. The molecule has 0 saturated carbocycles. The summed E-state index contributed by atoms with van der Waals surface area (Å²) in [5, 5.41) is 18.3. The van der Waals surface area contributed by atoms with Gasteiger partial charge in [0.15, 0.2) is 0 Å². The third-order valence-corrected chi connectivity index (χ3v) is 3.69. The number of rotatable bonds is 3. The first-order valence-electron chi connectivity index (χ1n) is 5.50. The minimum Gasteiger partial charge on any atom is -0.394 e. The van der Waals surface area contributed by atoms with Crippen molar-refractivity contribution >= 4 is 5.91 Å². The largest absolute Gasteiger partial charge is 0.394 e. The van der Waals surface area contributed by atoms with Gasteiger partial charge >= 0.3 is 0 Å². The van der Waals surface area contributed by atoms with E-state index in [1.54, 1.807) is 4.90 Å². The summed E-state index contributed by atoms with van der Waals surface area (Å²) in [6.07, 6.45) is -0.884. The number of carbonyl (C=O) groups excluding carboxylic acids is 1. The van der Waals surface area contributed by atoms with E-state index in [1.165, 1.54) is 0 Å². The number of hydrogen-bond donors (Lipinski definition) is 2. The maximum atomic E-state index is 12.2. The summed E-state index contributed by atoms with van der Waals surface area (Å²) in [7, 11) is 1.89. The van der Waals surface area contributed by atoms with Crippen LogP contribution in [0, 0.1) is 0 Å². The topological polar surface area (TPSA) is 64.0 Å². The van der Waals surface area contributed by atoms with Gasteiger partial charge in [-0.15, -0.1) is 0 Å². The molecule has 1 unspecified atom stereocenters. The Morgan fingerprint density at radius 1 is 1.31 bits per heavy atom. The van der Waals surface area contributed by atoms with Crippen LogP contribution in [0.4, 0.5) is 0 Å². The third-order valence-electron chi connectivity index (χ3n) is 3.69. The van der Waals surface area contributed by atoms with Crippen LogP contribution in [0.15, 0.2) is 0 Å². The minimum absolute atomic E-state index is 0.0208. The summed E-state index contributed by atoms with van der Waals surface area (Å²) < 4.78 is 0. The van der Waals surface area contributed by atoms with E-state index in [2.05, 4.69) is 0 Å². The van der Waals surface area contributed by atoms with E-state index in [4.69, 9.17) is 5.11 Å². The first-order valence-corrected chi connectivity index (χ1v) is 5.50. The Labute approximate surface area is 96.7 Å². The summed E-state index contributed by atoms with van der Waals surface area (Å²) in [5.41, 5.74) is -1.02. The van der Waals surface area contributed by atoms with E-state index in [0.717, 1.165) is 0 Å². The van der Waals surface area contributed by atoms with Crippen molar-refractivity contribution < 1.29 is 15.0 Å². The van der Waals surface area contributed by atoms with E-state index in [0.29, 0.717) is 0 Å². The second-order valence-electron chi connectivity index (χ2n) is 5.36. The minimum atomic E-state index is -0.884. The molecule has 1 rings (SSSR count). The fourth-order valence-corrected chi connectivity index (χ4v) is 2.16. The molecule has 94 valence electrons. The predicted molar refractivity (Wildman–Crippen MR) is 60.7 cm³/mol. The van der Waals surface area contributed by atoms with Crippen LogP contribution < -0.4 is 0 Å². The average Bonchev–Trinajstić information content (AvgIpc) is 2.31. The van der Waals surface area contributed by atoms with Crippen molar-refractivity contribution in [2.24, 2.45) is 0 Å². The second kappa shape index (κ2) is 3.98.